The fourth-order valence-electron chi connectivity index (χ4n) is 2.24. The summed E-state index contributed by atoms with van der Waals surface area (Å²) in [4.78, 5) is 12.1. The van der Waals surface area contributed by atoms with Gasteiger partial charge in [0.25, 0.3) is 0 Å². The summed E-state index contributed by atoms with van der Waals surface area (Å²) in [7, 11) is 0. The van der Waals surface area contributed by atoms with E-state index in [4.69, 9.17) is 27.9 Å². The summed E-state index contributed by atoms with van der Waals surface area (Å²) >= 11 is 12.2. The molecule has 1 aromatic heterocycles. The minimum absolute atomic E-state index is 0.0545. The second kappa shape index (κ2) is 7.07. The molecule has 0 fully saturated rings. The van der Waals surface area contributed by atoms with Gasteiger partial charge in [0.1, 0.15) is 11.8 Å². The number of benzene rings is 2. The number of aromatic nitrogens is 2. The standard InChI is InChI=1S/C18H14Cl2N2O2/c1-12-16(11-24-18(23)13-7-9-14(19)10-8-13)17(20)22(21-12)15-5-3-2-4-6-15/h2-10H,11H2,1H3. The molecular weight excluding hydrogens is 347 g/mol. The van der Waals surface area contributed by atoms with Crippen LogP contribution in [0.5, 0.6) is 0 Å². The van der Waals surface area contributed by atoms with Gasteiger partial charge in [-0.15, -0.1) is 0 Å². The van der Waals surface area contributed by atoms with Gasteiger partial charge in [-0.25, -0.2) is 9.48 Å². The van der Waals surface area contributed by atoms with Gasteiger partial charge in [-0.05, 0) is 43.3 Å². The molecule has 0 radical (unpaired) electrons. The molecule has 3 rings (SSSR count). The van der Waals surface area contributed by atoms with Crippen LogP contribution in [0.4, 0.5) is 0 Å². The Morgan fingerprint density at radius 3 is 2.42 bits per heavy atom. The Bertz CT molecular complexity index is 859. The lowest BCUT2D eigenvalue weighted by molar-refractivity contribution is 0.0472. The molecule has 0 atom stereocenters. The van der Waals surface area contributed by atoms with Crippen molar-refractivity contribution < 1.29 is 9.53 Å². The van der Waals surface area contributed by atoms with E-state index in [1.54, 1.807) is 28.9 Å². The van der Waals surface area contributed by atoms with Gasteiger partial charge < -0.3 is 4.74 Å². The van der Waals surface area contributed by atoms with Crippen molar-refractivity contribution in [2.45, 2.75) is 13.5 Å². The van der Waals surface area contributed by atoms with Gasteiger partial charge in [0.05, 0.1) is 16.9 Å². The molecule has 0 aliphatic rings. The molecule has 6 heteroatoms. The minimum atomic E-state index is -0.436. The predicted molar refractivity (Wildman–Crippen MR) is 93.9 cm³/mol. The molecular formula is C18H14Cl2N2O2. The van der Waals surface area contributed by atoms with Crippen LogP contribution in [0, 0.1) is 6.92 Å². The largest absolute Gasteiger partial charge is 0.457 e. The molecule has 1 heterocycles. The Kier molecular flexibility index (Phi) is 4.88. The fraction of sp³-hybridized carbons (Fsp3) is 0.111. The van der Waals surface area contributed by atoms with Crippen molar-refractivity contribution in [2.24, 2.45) is 0 Å². The molecule has 0 N–H and O–H groups in total. The highest BCUT2D eigenvalue weighted by Gasteiger charge is 2.17. The van der Waals surface area contributed by atoms with E-state index in [0.717, 1.165) is 5.69 Å². The van der Waals surface area contributed by atoms with E-state index in [1.165, 1.54) is 0 Å². The third-order valence-corrected chi connectivity index (χ3v) is 4.19. The summed E-state index contributed by atoms with van der Waals surface area (Å²) in [6, 6.07) is 16.1. The summed E-state index contributed by atoms with van der Waals surface area (Å²) < 4.78 is 6.97. The Hall–Kier alpha value is -2.30. The first-order chi connectivity index (χ1) is 11.6. The zero-order valence-corrected chi connectivity index (χ0v) is 14.4. The van der Waals surface area contributed by atoms with Crippen molar-refractivity contribution in [1.29, 1.82) is 0 Å². The summed E-state index contributed by atoms with van der Waals surface area (Å²) in [5.41, 5.74) is 2.68. The molecule has 0 aliphatic heterocycles. The SMILES string of the molecule is Cc1nn(-c2ccccc2)c(Cl)c1COC(=O)c1ccc(Cl)cc1. The number of aryl methyl sites for hydroxylation is 1. The van der Waals surface area contributed by atoms with Crippen molar-refractivity contribution in [1.82, 2.24) is 9.78 Å². The fourth-order valence-corrected chi connectivity index (χ4v) is 2.70. The topological polar surface area (TPSA) is 44.1 Å². The number of rotatable bonds is 4. The Labute approximate surface area is 149 Å². The molecule has 0 aliphatic carbocycles. The summed E-state index contributed by atoms with van der Waals surface area (Å²) in [6.45, 7) is 1.88. The quantitative estimate of drug-likeness (QED) is 0.625. The first-order valence-electron chi connectivity index (χ1n) is 7.28. The number of para-hydroxylation sites is 1. The number of nitrogens with zero attached hydrogens (tertiary/aromatic N) is 2. The van der Waals surface area contributed by atoms with E-state index in [9.17, 15) is 4.79 Å². The number of ether oxygens (including phenoxy) is 1. The van der Waals surface area contributed by atoms with E-state index < -0.39 is 5.97 Å². The molecule has 0 amide bonds. The van der Waals surface area contributed by atoms with Crippen molar-refractivity contribution in [3.63, 3.8) is 0 Å². The van der Waals surface area contributed by atoms with E-state index in [-0.39, 0.29) is 6.61 Å². The summed E-state index contributed by atoms with van der Waals surface area (Å²) in [6.07, 6.45) is 0. The molecule has 0 bridgehead atoms. The maximum atomic E-state index is 12.1. The van der Waals surface area contributed by atoms with Gasteiger partial charge >= 0.3 is 5.97 Å². The van der Waals surface area contributed by atoms with Crippen molar-refractivity contribution >= 4 is 29.2 Å². The molecule has 122 valence electrons. The van der Waals surface area contributed by atoms with Crippen LogP contribution in [-0.2, 0) is 11.3 Å². The third kappa shape index (κ3) is 3.45. The highest BCUT2D eigenvalue weighted by molar-refractivity contribution is 6.31. The van der Waals surface area contributed by atoms with Gasteiger partial charge in [-0.2, -0.15) is 5.10 Å². The van der Waals surface area contributed by atoms with Gasteiger partial charge in [0.15, 0.2) is 0 Å². The maximum Gasteiger partial charge on any atom is 0.338 e. The third-order valence-electron chi connectivity index (χ3n) is 3.55. The minimum Gasteiger partial charge on any atom is -0.457 e. The molecule has 0 unspecified atom stereocenters. The van der Waals surface area contributed by atoms with Crippen LogP contribution < -0.4 is 0 Å². The maximum absolute atomic E-state index is 12.1. The zero-order chi connectivity index (χ0) is 17.1. The number of hydrogen-bond acceptors (Lipinski definition) is 3. The monoisotopic (exact) mass is 360 g/mol. The average molecular weight is 361 g/mol. The first-order valence-corrected chi connectivity index (χ1v) is 8.04. The van der Waals surface area contributed by atoms with Gasteiger partial charge in [-0.1, -0.05) is 41.4 Å². The lowest BCUT2D eigenvalue weighted by Crippen LogP contribution is -2.05. The Balaban J connectivity index is 1.77. The highest BCUT2D eigenvalue weighted by Crippen LogP contribution is 2.24. The highest BCUT2D eigenvalue weighted by atomic mass is 35.5. The number of esters is 1. The number of halogens is 2. The lowest BCUT2D eigenvalue weighted by Gasteiger charge is -2.06. The summed E-state index contributed by atoms with van der Waals surface area (Å²) in [5.74, 6) is -0.436. The normalized spacial score (nSPS) is 10.6. The van der Waals surface area contributed by atoms with Crippen LogP contribution in [0.25, 0.3) is 5.69 Å². The second-order valence-electron chi connectivity index (χ2n) is 5.19. The average Bonchev–Trinajstić information content (AvgIpc) is 2.88. The van der Waals surface area contributed by atoms with Crippen molar-refractivity contribution in [3.05, 3.63) is 81.6 Å². The van der Waals surface area contributed by atoms with Crippen LogP contribution in [0.15, 0.2) is 54.6 Å². The number of hydrogen-bond donors (Lipinski definition) is 0. The van der Waals surface area contributed by atoms with Crippen LogP contribution in [0.2, 0.25) is 10.2 Å². The van der Waals surface area contributed by atoms with E-state index in [1.807, 2.05) is 37.3 Å². The van der Waals surface area contributed by atoms with Crippen molar-refractivity contribution in [3.8, 4) is 5.69 Å². The van der Waals surface area contributed by atoms with E-state index >= 15 is 0 Å². The van der Waals surface area contributed by atoms with Crippen LogP contribution in [-0.4, -0.2) is 15.7 Å². The van der Waals surface area contributed by atoms with Crippen LogP contribution in [0.3, 0.4) is 0 Å². The van der Waals surface area contributed by atoms with Gasteiger partial charge in [0.2, 0.25) is 0 Å². The lowest BCUT2D eigenvalue weighted by atomic mass is 10.2. The van der Waals surface area contributed by atoms with Crippen LogP contribution >= 0.6 is 23.2 Å². The molecule has 2 aromatic carbocycles. The Morgan fingerprint density at radius 2 is 1.75 bits per heavy atom. The molecule has 0 spiro atoms. The van der Waals surface area contributed by atoms with E-state index in [2.05, 4.69) is 5.10 Å². The molecule has 0 saturated heterocycles. The molecule has 24 heavy (non-hydrogen) atoms. The van der Waals surface area contributed by atoms with Gasteiger partial charge in [-0.3, -0.25) is 0 Å². The van der Waals surface area contributed by atoms with Crippen LogP contribution in [0.1, 0.15) is 21.6 Å². The molecule has 0 saturated carbocycles. The predicted octanol–water partition coefficient (Wildman–Crippen LogP) is 4.84. The van der Waals surface area contributed by atoms with E-state index in [0.29, 0.717) is 27.0 Å². The molecule has 3 aromatic rings. The zero-order valence-electron chi connectivity index (χ0n) is 12.9. The Morgan fingerprint density at radius 1 is 1.08 bits per heavy atom. The number of carbonyl (C=O) groups is 1. The number of carbonyl (C=O) groups excluding carboxylic acids is 1. The smallest absolute Gasteiger partial charge is 0.338 e. The summed E-state index contributed by atoms with van der Waals surface area (Å²) in [5, 5.41) is 5.42. The molecule has 4 nitrogen and oxygen atoms in total. The van der Waals surface area contributed by atoms with Crippen molar-refractivity contribution in [2.75, 3.05) is 0 Å². The second-order valence-corrected chi connectivity index (χ2v) is 5.98. The first kappa shape index (κ1) is 16.6. The van der Waals surface area contributed by atoms with Gasteiger partial charge in [0, 0.05) is 10.6 Å².